The van der Waals surface area contributed by atoms with E-state index in [-0.39, 0.29) is 6.61 Å². The van der Waals surface area contributed by atoms with Crippen molar-refractivity contribution < 1.29 is 20.1 Å². The second-order valence-electron chi connectivity index (χ2n) is 2.96. The van der Waals surface area contributed by atoms with Crippen molar-refractivity contribution in [3.05, 3.63) is 0 Å². The first kappa shape index (κ1) is 9.00. The zero-order valence-corrected chi connectivity index (χ0v) is 6.27. The molecule has 1 saturated heterocycles. The Kier molecular flexibility index (Phi) is 2.25. The standard InChI is InChI=1S/C6H11BO4/c1-6(7)5(10)4(9)3(2-8)11-6/h3-5,8-10H,2H2,1H3/t3-,4-,5-,6-/m1/s1. The molecule has 4 nitrogen and oxygen atoms in total. The van der Waals surface area contributed by atoms with E-state index in [4.69, 9.17) is 17.7 Å². The summed E-state index contributed by atoms with van der Waals surface area (Å²) in [5, 5.41) is 27.0. The van der Waals surface area contributed by atoms with E-state index in [2.05, 4.69) is 0 Å². The number of hydrogen-bond acceptors (Lipinski definition) is 4. The minimum absolute atomic E-state index is 0.342. The first-order valence-electron chi connectivity index (χ1n) is 3.42. The van der Waals surface area contributed by atoms with Crippen LogP contribution in [0, 0.1) is 0 Å². The van der Waals surface area contributed by atoms with Gasteiger partial charge in [-0.15, -0.1) is 0 Å². The molecule has 62 valence electrons. The van der Waals surface area contributed by atoms with Crippen LogP contribution in [0.1, 0.15) is 6.92 Å². The topological polar surface area (TPSA) is 69.9 Å². The van der Waals surface area contributed by atoms with Crippen LogP contribution in [0.4, 0.5) is 0 Å². The first-order valence-corrected chi connectivity index (χ1v) is 3.42. The third kappa shape index (κ3) is 1.42. The fraction of sp³-hybridized carbons (Fsp3) is 1.00. The quantitative estimate of drug-likeness (QED) is 0.385. The summed E-state index contributed by atoms with van der Waals surface area (Å²) >= 11 is 0. The van der Waals surface area contributed by atoms with Gasteiger partial charge >= 0.3 is 0 Å². The van der Waals surface area contributed by atoms with Gasteiger partial charge in [-0.25, -0.2) is 0 Å². The molecular formula is C6H11BO4. The maximum atomic E-state index is 9.22. The van der Waals surface area contributed by atoms with Gasteiger partial charge in [0.05, 0.1) is 12.1 Å². The van der Waals surface area contributed by atoms with E-state index < -0.39 is 23.8 Å². The molecule has 1 heterocycles. The molecule has 0 saturated carbocycles. The Morgan fingerprint density at radius 1 is 1.55 bits per heavy atom. The van der Waals surface area contributed by atoms with Gasteiger partial charge in [0.2, 0.25) is 0 Å². The molecule has 1 fully saturated rings. The summed E-state index contributed by atoms with van der Waals surface area (Å²) in [4.78, 5) is 0. The summed E-state index contributed by atoms with van der Waals surface area (Å²) in [6.45, 7) is 1.11. The van der Waals surface area contributed by atoms with Gasteiger partial charge in [0.15, 0.2) is 0 Å². The van der Waals surface area contributed by atoms with Crippen LogP contribution in [0.25, 0.3) is 0 Å². The normalized spacial score (nSPS) is 51.5. The average Bonchev–Trinajstić information content (AvgIpc) is 2.13. The van der Waals surface area contributed by atoms with Crippen molar-refractivity contribution in [2.75, 3.05) is 6.61 Å². The van der Waals surface area contributed by atoms with E-state index in [0.29, 0.717) is 0 Å². The summed E-state index contributed by atoms with van der Waals surface area (Å²) < 4.78 is 4.95. The molecule has 0 spiro atoms. The molecule has 0 aromatic heterocycles. The Morgan fingerprint density at radius 2 is 2.09 bits per heavy atom. The van der Waals surface area contributed by atoms with Crippen molar-refractivity contribution in [1.29, 1.82) is 0 Å². The predicted molar refractivity (Wildman–Crippen MR) is 38.1 cm³/mol. The highest BCUT2D eigenvalue weighted by Crippen LogP contribution is 2.27. The van der Waals surface area contributed by atoms with Crippen molar-refractivity contribution in [2.45, 2.75) is 30.7 Å². The highest BCUT2D eigenvalue weighted by Gasteiger charge is 2.46. The molecule has 1 aliphatic rings. The molecule has 5 heteroatoms. The fourth-order valence-electron chi connectivity index (χ4n) is 1.15. The lowest BCUT2D eigenvalue weighted by Gasteiger charge is -2.22. The molecule has 4 atom stereocenters. The minimum atomic E-state index is -1.26. The van der Waals surface area contributed by atoms with Crippen LogP contribution in [0.3, 0.4) is 0 Å². The van der Waals surface area contributed by atoms with Gasteiger partial charge in [0.25, 0.3) is 0 Å². The molecule has 11 heavy (non-hydrogen) atoms. The van der Waals surface area contributed by atoms with Gasteiger partial charge in [-0.05, 0) is 6.92 Å². The van der Waals surface area contributed by atoms with Crippen LogP contribution in [0.15, 0.2) is 0 Å². The van der Waals surface area contributed by atoms with E-state index in [1.807, 2.05) is 0 Å². The lowest BCUT2D eigenvalue weighted by Crippen LogP contribution is -2.40. The average molecular weight is 158 g/mol. The second-order valence-corrected chi connectivity index (χ2v) is 2.96. The number of aliphatic hydroxyl groups excluding tert-OH is 3. The van der Waals surface area contributed by atoms with Gasteiger partial charge in [-0.1, -0.05) is 0 Å². The fourth-order valence-corrected chi connectivity index (χ4v) is 1.15. The summed E-state index contributed by atoms with van der Waals surface area (Å²) in [6.07, 6.45) is -3.02. The molecule has 0 aromatic carbocycles. The first-order chi connectivity index (χ1) is 4.99. The van der Waals surface area contributed by atoms with Crippen LogP contribution >= 0.6 is 0 Å². The monoisotopic (exact) mass is 158 g/mol. The Balaban J connectivity index is 2.69. The third-order valence-corrected chi connectivity index (χ3v) is 1.88. The van der Waals surface area contributed by atoms with Crippen LogP contribution in [-0.4, -0.2) is 53.6 Å². The Labute approximate surface area is 66.2 Å². The number of ether oxygens (including phenoxy) is 1. The molecule has 1 aliphatic heterocycles. The van der Waals surface area contributed by atoms with E-state index in [1.54, 1.807) is 0 Å². The molecule has 3 N–H and O–H groups in total. The summed E-state index contributed by atoms with van der Waals surface area (Å²) in [5.41, 5.74) is -1.26. The maximum absolute atomic E-state index is 9.22. The van der Waals surface area contributed by atoms with Crippen LogP contribution in [0.2, 0.25) is 0 Å². The maximum Gasteiger partial charge on any atom is 0.117 e. The summed E-state index contributed by atoms with van der Waals surface area (Å²) in [6, 6.07) is 0. The Hall–Kier alpha value is -0.0951. The molecule has 0 aliphatic carbocycles. The highest BCUT2D eigenvalue weighted by molar-refractivity contribution is 6.15. The van der Waals surface area contributed by atoms with Gasteiger partial charge in [-0.2, -0.15) is 0 Å². The van der Waals surface area contributed by atoms with Gasteiger partial charge < -0.3 is 20.1 Å². The Morgan fingerprint density at radius 3 is 2.27 bits per heavy atom. The van der Waals surface area contributed by atoms with Crippen molar-refractivity contribution in [2.24, 2.45) is 0 Å². The predicted octanol–water partition coefficient (Wildman–Crippen LogP) is -2.02. The molecule has 2 radical (unpaired) electrons. The second kappa shape index (κ2) is 2.75. The van der Waals surface area contributed by atoms with Crippen LogP contribution < -0.4 is 0 Å². The highest BCUT2D eigenvalue weighted by atomic mass is 16.6. The zero-order valence-electron chi connectivity index (χ0n) is 6.27. The number of aliphatic hydroxyl groups is 3. The van der Waals surface area contributed by atoms with Crippen molar-refractivity contribution in [3.63, 3.8) is 0 Å². The third-order valence-electron chi connectivity index (χ3n) is 1.88. The van der Waals surface area contributed by atoms with Gasteiger partial charge in [0.1, 0.15) is 26.2 Å². The van der Waals surface area contributed by atoms with E-state index >= 15 is 0 Å². The molecule has 0 aromatic rings. The van der Waals surface area contributed by atoms with Gasteiger partial charge in [0, 0.05) is 0 Å². The SMILES string of the molecule is [B][C@]1(C)O[C@H](CO)[C@@H](O)[C@H]1O. The van der Waals surface area contributed by atoms with Crippen molar-refractivity contribution in [3.8, 4) is 0 Å². The largest absolute Gasteiger partial charge is 0.394 e. The van der Waals surface area contributed by atoms with E-state index in [1.165, 1.54) is 6.92 Å². The summed E-state index contributed by atoms with van der Waals surface area (Å²) in [5.74, 6) is 0. The number of rotatable bonds is 1. The Bertz CT molecular complexity index is 150. The molecule has 0 amide bonds. The van der Waals surface area contributed by atoms with Crippen LogP contribution in [-0.2, 0) is 4.74 Å². The van der Waals surface area contributed by atoms with E-state index in [9.17, 15) is 10.2 Å². The lowest BCUT2D eigenvalue weighted by molar-refractivity contribution is -0.0333. The minimum Gasteiger partial charge on any atom is -0.394 e. The van der Waals surface area contributed by atoms with Crippen LogP contribution in [0.5, 0.6) is 0 Å². The van der Waals surface area contributed by atoms with Gasteiger partial charge in [-0.3, -0.25) is 0 Å². The summed E-state index contributed by atoms with van der Waals surface area (Å²) in [7, 11) is 5.43. The molecular weight excluding hydrogens is 147 g/mol. The zero-order chi connectivity index (χ0) is 8.65. The molecule has 0 unspecified atom stereocenters. The molecule has 1 rings (SSSR count). The van der Waals surface area contributed by atoms with Crippen molar-refractivity contribution in [1.82, 2.24) is 0 Å². The lowest BCUT2D eigenvalue weighted by atomic mass is 9.78. The number of hydrogen-bond donors (Lipinski definition) is 3. The van der Waals surface area contributed by atoms with E-state index in [0.717, 1.165) is 0 Å². The molecule has 0 bridgehead atoms. The van der Waals surface area contributed by atoms with Crippen molar-refractivity contribution >= 4 is 7.85 Å². The smallest absolute Gasteiger partial charge is 0.117 e.